The minimum Gasteiger partial charge on any atom is -0.490 e. The molecule has 1 aromatic rings. The number of hydrazone groups is 1. The Labute approximate surface area is 127 Å². The van der Waals surface area contributed by atoms with Crippen LogP contribution in [0.2, 0.25) is 0 Å². The van der Waals surface area contributed by atoms with Crippen LogP contribution in [0.4, 0.5) is 0 Å². The highest BCUT2D eigenvalue weighted by molar-refractivity contribution is 9.10. The van der Waals surface area contributed by atoms with E-state index in [1.807, 2.05) is 26.0 Å². The molecule has 0 atom stereocenters. The second kappa shape index (κ2) is 8.58. The maximum Gasteiger partial charge on any atom is 0.236 e. The van der Waals surface area contributed by atoms with Crippen LogP contribution in [0, 0.1) is 0 Å². The topological polar surface area (TPSA) is 59.9 Å². The summed E-state index contributed by atoms with van der Waals surface area (Å²) in [5.74, 6) is 1.12. The van der Waals surface area contributed by atoms with Crippen molar-refractivity contribution < 1.29 is 14.3 Å². The molecule has 6 heteroatoms. The van der Waals surface area contributed by atoms with Crippen LogP contribution >= 0.6 is 15.9 Å². The van der Waals surface area contributed by atoms with Gasteiger partial charge in [0.15, 0.2) is 11.5 Å². The second-order valence-corrected chi connectivity index (χ2v) is 4.89. The Hall–Kier alpha value is -1.56. The number of ether oxygens (including phenoxy) is 2. The first kappa shape index (κ1) is 16.5. The van der Waals surface area contributed by atoms with Gasteiger partial charge in [-0.25, -0.2) is 5.43 Å². The molecule has 1 rings (SSSR count). The third kappa shape index (κ3) is 5.21. The van der Waals surface area contributed by atoms with Crippen molar-refractivity contribution in [3.63, 3.8) is 0 Å². The van der Waals surface area contributed by atoms with Gasteiger partial charge in [0.05, 0.1) is 23.9 Å². The normalized spacial score (nSPS) is 10.6. The lowest BCUT2D eigenvalue weighted by molar-refractivity contribution is -0.118. The number of amides is 1. The molecule has 0 bridgehead atoms. The molecule has 0 spiro atoms. The molecule has 20 heavy (non-hydrogen) atoms. The van der Waals surface area contributed by atoms with E-state index >= 15 is 0 Å². The average molecular weight is 343 g/mol. The summed E-state index contributed by atoms with van der Waals surface area (Å²) in [6, 6.07) is 3.68. The first-order valence-electron chi connectivity index (χ1n) is 6.47. The van der Waals surface area contributed by atoms with Crippen molar-refractivity contribution in [2.75, 3.05) is 13.2 Å². The van der Waals surface area contributed by atoms with Crippen LogP contribution in [0.25, 0.3) is 0 Å². The summed E-state index contributed by atoms with van der Waals surface area (Å²) < 4.78 is 12.1. The zero-order valence-corrected chi connectivity index (χ0v) is 13.5. The van der Waals surface area contributed by atoms with Crippen LogP contribution < -0.4 is 14.9 Å². The van der Waals surface area contributed by atoms with E-state index in [2.05, 4.69) is 26.5 Å². The van der Waals surface area contributed by atoms with Crippen LogP contribution in [0.15, 0.2) is 21.7 Å². The van der Waals surface area contributed by atoms with Crippen molar-refractivity contribution in [2.45, 2.75) is 27.2 Å². The summed E-state index contributed by atoms with van der Waals surface area (Å²) in [6.45, 7) is 6.53. The zero-order chi connectivity index (χ0) is 15.0. The van der Waals surface area contributed by atoms with Gasteiger partial charge in [-0.3, -0.25) is 4.79 Å². The molecule has 0 aromatic heterocycles. The minimum atomic E-state index is -0.215. The first-order chi connectivity index (χ1) is 9.58. The van der Waals surface area contributed by atoms with Crippen molar-refractivity contribution in [1.82, 2.24) is 5.43 Å². The summed E-state index contributed by atoms with van der Waals surface area (Å²) in [5, 5.41) is 3.83. The molecule has 0 aliphatic heterocycles. The van der Waals surface area contributed by atoms with Crippen molar-refractivity contribution in [3.8, 4) is 11.5 Å². The molecule has 0 saturated heterocycles. The van der Waals surface area contributed by atoms with Gasteiger partial charge in [0.1, 0.15) is 0 Å². The summed E-state index contributed by atoms with van der Waals surface area (Å²) in [4.78, 5) is 10.8. The van der Waals surface area contributed by atoms with Crippen molar-refractivity contribution >= 4 is 28.1 Å². The number of hydrogen-bond acceptors (Lipinski definition) is 4. The number of carbonyl (C=O) groups is 1. The Kier molecular flexibility index (Phi) is 7.08. The number of carbonyl (C=O) groups excluding carboxylic acids is 1. The van der Waals surface area contributed by atoms with Gasteiger partial charge in [0, 0.05) is 6.92 Å². The van der Waals surface area contributed by atoms with Crippen molar-refractivity contribution in [1.29, 1.82) is 0 Å². The molecule has 1 N–H and O–H groups in total. The molecule has 0 aliphatic rings. The molecular formula is C14H19BrN2O3. The number of nitrogens with one attached hydrogen (secondary N) is 1. The number of benzene rings is 1. The Balaban J connectivity index is 2.99. The van der Waals surface area contributed by atoms with Crippen LogP contribution in [0.1, 0.15) is 32.8 Å². The summed E-state index contributed by atoms with van der Waals surface area (Å²) >= 11 is 3.47. The molecule has 0 radical (unpaired) electrons. The molecular weight excluding hydrogens is 324 g/mol. The zero-order valence-electron chi connectivity index (χ0n) is 11.9. The molecule has 0 saturated carbocycles. The highest BCUT2D eigenvalue weighted by Gasteiger charge is 2.11. The Morgan fingerprint density at radius 1 is 1.40 bits per heavy atom. The van der Waals surface area contributed by atoms with Crippen LogP contribution in [0.3, 0.4) is 0 Å². The molecule has 1 amide bonds. The monoisotopic (exact) mass is 342 g/mol. The molecule has 0 aliphatic carbocycles. The largest absolute Gasteiger partial charge is 0.490 e. The van der Waals surface area contributed by atoms with Gasteiger partial charge in [0.25, 0.3) is 0 Å². The van der Waals surface area contributed by atoms with Crippen molar-refractivity contribution in [3.05, 3.63) is 22.2 Å². The van der Waals surface area contributed by atoms with Crippen LogP contribution in [0.5, 0.6) is 11.5 Å². The molecule has 5 nitrogen and oxygen atoms in total. The lowest BCUT2D eigenvalue weighted by Crippen LogP contribution is -2.12. The smallest absolute Gasteiger partial charge is 0.236 e. The van der Waals surface area contributed by atoms with Gasteiger partial charge >= 0.3 is 0 Å². The predicted molar refractivity (Wildman–Crippen MR) is 82.5 cm³/mol. The van der Waals surface area contributed by atoms with Gasteiger partial charge in [-0.05, 0) is 47.0 Å². The second-order valence-electron chi connectivity index (χ2n) is 4.04. The number of nitrogens with zero attached hydrogens (tertiary/aromatic N) is 1. The minimum absolute atomic E-state index is 0.215. The summed E-state index contributed by atoms with van der Waals surface area (Å²) in [7, 11) is 0. The van der Waals surface area contributed by atoms with E-state index in [0.717, 1.165) is 16.5 Å². The fourth-order valence-electron chi connectivity index (χ4n) is 1.47. The van der Waals surface area contributed by atoms with Gasteiger partial charge in [-0.1, -0.05) is 6.92 Å². The quantitative estimate of drug-likeness (QED) is 0.611. The van der Waals surface area contributed by atoms with Gasteiger partial charge in [-0.15, -0.1) is 0 Å². The lowest BCUT2D eigenvalue weighted by Gasteiger charge is -2.14. The van der Waals surface area contributed by atoms with Crippen LogP contribution in [-0.4, -0.2) is 25.3 Å². The Morgan fingerprint density at radius 2 is 2.15 bits per heavy atom. The van der Waals surface area contributed by atoms with Gasteiger partial charge in [0.2, 0.25) is 5.91 Å². The summed E-state index contributed by atoms with van der Waals surface area (Å²) in [5.41, 5.74) is 3.16. The van der Waals surface area contributed by atoms with Gasteiger partial charge < -0.3 is 9.47 Å². The third-order valence-corrected chi connectivity index (χ3v) is 2.81. The maximum atomic E-state index is 10.8. The molecule has 110 valence electrons. The number of hydrogen-bond donors (Lipinski definition) is 1. The van der Waals surface area contributed by atoms with E-state index in [9.17, 15) is 4.79 Å². The maximum absolute atomic E-state index is 10.8. The number of halogens is 1. The standard InChI is InChI=1S/C14H19BrN2O3/c1-4-6-20-14-12(15)7-11(8-13(14)19-5-2)9-16-17-10(3)18/h7-9H,4-6H2,1-3H3,(H,17,18)/b16-9-. The van der Waals surface area contributed by atoms with E-state index in [4.69, 9.17) is 9.47 Å². The van der Waals surface area contributed by atoms with E-state index in [1.54, 1.807) is 6.21 Å². The van der Waals surface area contributed by atoms with E-state index in [1.165, 1.54) is 6.92 Å². The Morgan fingerprint density at radius 3 is 2.75 bits per heavy atom. The molecule has 0 unspecified atom stereocenters. The highest BCUT2D eigenvalue weighted by Crippen LogP contribution is 2.36. The fraction of sp³-hybridized carbons (Fsp3) is 0.429. The van der Waals surface area contributed by atoms with E-state index in [0.29, 0.717) is 24.7 Å². The average Bonchev–Trinajstić information content (AvgIpc) is 2.38. The first-order valence-corrected chi connectivity index (χ1v) is 7.26. The Bertz CT molecular complexity index is 490. The number of rotatable bonds is 7. The fourth-order valence-corrected chi connectivity index (χ4v) is 2.04. The van der Waals surface area contributed by atoms with Crippen molar-refractivity contribution in [2.24, 2.45) is 5.10 Å². The van der Waals surface area contributed by atoms with E-state index in [-0.39, 0.29) is 5.91 Å². The van der Waals surface area contributed by atoms with Gasteiger partial charge in [-0.2, -0.15) is 5.10 Å². The molecule has 0 heterocycles. The SMILES string of the molecule is CCCOc1c(Br)cc(/C=N\NC(C)=O)cc1OCC. The van der Waals surface area contributed by atoms with Crippen LogP contribution in [-0.2, 0) is 4.79 Å². The highest BCUT2D eigenvalue weighted by atomic mass is 79.9. The van der Waals surface area contributed by atoms with E-state index < -0.39 is 0 Å². The molecule has 0 fully saturated rings. The molecule has 1 aromatic carbocycles. The third-order valence-electron chi connectivity index (χ3n) is 2.22. The summed E-state index contributed by atoms with van der Waals surface area (Å²) in [6.07, 6.45) is 2.47. The lowest BCUT2D eigenvalue weighted by atomic mass is 10.2. The predicted octanol–water partition coefficient (Wildman–Crippen LogP) is 3.11.